The SMILES string of the molecule is CCOC1C(=O)[N+]2(C(=O)C2C(=O)N(c2cc(C)ccc2Cl)C(C)(C)C)C(=O)N1Cc1ccccc1. The van der Waals surface area contributed by atoms with Gasteiger partial charge in [0.2, 0.25) is 0 Å². The van der Waals surface area contributed by atoms with Crippen molar-refractivity contribution in [3.8, 4) is 0 Å². The van der Waals surface area contributed by atoms with Gasteiger partial charge in [0.15, 0.2) is 0 Å². The molecule has 3 atom stereocenters. The number of carbonyl (C=O) groups excluding carboxylic acids is 4. The van der Waals surface area contributed by atoms with Gasteiger partial charge in [0, 0.05) is 12.1 Å². The second kappa shape index (κ2) is 8.86. The molecule has 2 aliphatic rings. The number of anilines is 1. The average molecular weight is 499 g/mol. The minimum Gasteiger partial charge on any atom is -0.346 e. The summed E-state index contributed by atoms with van der Waals surface area (Å²) >= 11 is 6.44. The number of rotatable bonds is 6. The number of hydrogen-bond donors (Lipinski definition) is 0. The monoisotopic (exact) mass is 498 g/mol. The number of aryl methyl sites for hydroxylation is 1. The first-order valence-electron chi connectivity index (χ1n) is 11.5. The summed E-state index contributed by atoms with van der Waals surface area (Å²) < 4.78 is 4.42. The molecule has 5 amide bonds. The van der Waals surface area contributed by atoms with Crippen molar-refractivity contribution < 1.29 is 28.4 Å². The fourth-order valence-electron chi connectivity index (χ4n) is 4.66. The van der Waals surface area contributed by atoms with Gasteiger partial charge in [0.05, 0.1) is 17.3 Å². The van der Waals surface area contributed by atoms with Gasteiger partial charge in [0.25, 0.3) is 6.23 Å². The van der Waals surface area contributed by atoms with E-state index >= 15 is 0 Å². The maximum absolute atomic E-state index is 13.9. The maximum atomic E-state index is 13.9. The van der Waals surface area contributed by atoms with Crippen LogP contribution in [0.4, 0.5) is 10.5 Å². The molecule has 0 saturated carbocycles. The van der Waals surface area contributed by atoms with Gasteiger partial charge >= 0.3 is 29.8 Å². The molecule has 4 rings (SSSR count). The summed E-state index contributed by atoms with van der Waals surface area (Å²) in [6, 6.07) is 12.1. The van der Waals surface area contributed by atoms with Crippen molar-refractivity contribution in [2.24, 2.45) is 0 Å². The number of nitrogens with zero attached hydrogens (tertiary/aromatic N) is 3. The van der Waals surface area contributed by atoms with Gasteiger partial charge in [-0.15, -0.1) is 0 Å². The third kappa shape index (κ3) is 3.95. The van der Waals surface area contributed by atoms with Crippen LogP contribution in [0.15, 0.2) is 48.5 Å². The van der Waals surface area contributed by atoms with Crippen LogP contribution in [-0.4, -0.2) is 57.6 Å². The predicted octanol–water partition coefficient (Wildman–Crippen LogP) is 4.03. The number of urea groups is 1. The van der Waals surface area contributed by atoms with Crippen molar-refractivity contribution in [1.29, 1.82) is 0 Å². The average Bonchev–Trinajstić information content (AvgIpc) is 3.37. The molecule has 0 radical (unpaired) electrons. The van der Waals surface area contributed by atoms with Crippen molar-refractivity contribution in [1.82, 2.24) is 4.90 Å². The highest BCUT2D eigenvalue weighted by molar-refractivity contribution is 6.34. The van der Waals surface area contributed by atoms with Crippen LogP contribution in [0.5, 0.6) is 0 Å². The molecule has 3 unspecified atom stereocenters. The normalized spacial score (nSPS) is 23.8. The zero-order chi connectivity index (χ0) is 25.7. The van der Waals surface area contributed by atoms with Gasteiger partial charge < -0.3 is 4.74 Å². The van der Waals surface area contributed by atoms with Crippen molar-refractivity contribution in [2.75, 3.05) is 11.5 Å². The fourth-order valence-corrected chi connectivity index (χ4v) is 4.86. The van der Waals surface area contributed by atoms with Crippen LogP contribution in [-0.2, 0) is 25.7 Å². The lowest BCUT2D eigenvalue weighted by Gasteiger charge is -2.35. The van der Waals surface area contributed by atoms with Gasteiger partial charge in [-0.3, -0.25) is 9.69 Å². The van der Waals surface area contributed by atoms with E-state index in [0.29, 0.717) is 10.7 Å². The van der Waals surface area contributed by atoms with Crippen LogP contribution in [0.1, 0.15) is 38.8 Å². The molecular formula is C26H29ClN3O5+. The summed E-state index contributed by atoms with van der Waals surface area (Å²) in [6.07, 6.45) is -1.25. The second-order valence-corrected chi connectivity index (χ2v) is 10.2. The van der Waals surface area contributed by atoms with E-state index < -0.39 is 46.0 Å². The fraction of sp³-hybridized carbons (Fsp3) is 0.385. The summed E-state index contributed by atoms with van der Waals surface area (Å²) in [5.74, 6) is -2.13. The zero-order valence-corrected chi connectivity index (χ0v) is 21.2. The highest BCUT2D eigenvalue weighted by Gasteiger charge is 2.88. The van der Waals surface area contributed by atoms with Crippen LogP contribution in [0.25, 0.3) is 0 Å². The van der Waals surface area contributed by atoms with E-state index in [9.17, 15) is 19.2 Å². The van der Waals surface area contributed by atoms with E-state index in [2.05, 4.69) is 0 Å². The summed E-state index contributed by atoms with van der Waals surface area (Å²) in [6.45, 7) is 9.22. The Hall–Kier alpha value is -3.07. The third-order valence-corrected chi connectivity index (χ3v) is 6.60. The topological polar surface area (TPSA) is 84.0 Å². The Morgan fingerprint density at radius 1 is 1.09 bits per heavy atom. The van der Waals surface area contributed by atoms with Gasteiger partial charge in [-0.05, 0) is 57.9 Å². The summed E-state index contributed by atoms with van der Waals surface area (Å²) in [5.41, 5.74) is 1.29. The number of benzene rings is 2. The molecule has 184 valence electrons. The van der Waals surface area contributed by atoms with Gasteiger partial charge in [-0.25, -0.2) is 19.3 Å². The highest BCUT2D eigenvalue weighted by atomic mass is 35.5. The number of halogens is 1. The van der Waals surface area contributed by atoms with Crippen molar-refractivity contribution in [3.63, 3.8) is 0 Å². The zero-order valence-electron chi connectivity index (χ0n) is 20.4. The lowest BCUT2D eigenvalue weighted by Crippen LogP contribution is -2.51. The molecule has 8 nitrogen and oxygen atoms in total. The molecule has 0 bridgehead atoms. The Morgan fingerprint density at radius 2 is 1.74 bits per heavy atom. The van der Waals surface area contributed by atoms with Crippen molar-refractivity contribution >= 4 is 41.0 Å². The number of carbonyl (C=O) groups is 4. The summed E-state index contributed by atoms with van der Waals surface area (Å²) in [4.78, 5) is 56.9. The van der Waals surface area contributed by atoms with Crippen molar-refractivity contribution in [3.05, 3.63) is 64.7 Å². The van der Waals surface area contributed by atoms with Crippen LogP contribution in [0.2, 0.25) is 5.02 Å². The summed E-state index contributed by atoms with van der Waals surface area (Å²) in [7, 11) is 0. The Labute approximate surface area is 209 Å². The van der Waals surface area contributed by atoms with Crippen LogP contribution in [0, 0.1) is 6.92 Å². The van der Waals surface area contributed by atoms with Gasteiger partial charge in [-0.2, -0.15) is 0 Å². The van der Waals surface area contributed by atoms with E-state index in [0.717, 1.165) is 11.1 Å². The Balaban J connectivity index is 1.73. The first-order valence-corrected chi connectivity index (χ1v) is 11.9. The quantitative estimate of drug-likeness (QED) is 0.197. The summed E-state index contributed by atoms with van der Waals surface area (Å²) in [5, 5.41) is 0.329. The number of quaternary nitrogens is 1. The lowest BCUT2D eigenvalue weighted by molar-refractivity contribution is -0.597. The minimum atomic E-state index is -1.48. The molecule has 35 heavy (non-hydrogen) atoms. The van der Waals surface area contributed by atoms with Crippen LogP contribution >= 0.6 is 11.6 Å². The molecule has 2 fully saturated rings. The molecule has 9 heteroatoms. The molecule has 2 heterocycles. The smallest absolute Gasteiger partial charge is 0.346 e. The van der Waals surface area contributed by atoms with E-state index in [4.69, 9.17) is 16.3 Å². The molecule has 0 aliphatic carbocycles. The van der Waals surface area contributed by atoms with E-state index in [1.165, 1.54) is 9.80 Å². The third-order valence-electron chi connectivity index (χ3n) is 6.28. The first-order chi connectivity index (χ1) is 16.5. The van der Waals surface area contributed by atoms with Gasteiger partial charge in [-0.1, -0.05) is 52.5 Å². The molecule has 0 aromatic heterocycles. The first kappa shape index (κ1) is 25.0. The Bertz CT molecular complexity index is 1210. The number of imide groups is 3. The maximum Gasteiger partial charge on any atom is 0.438 e. The number of ether oxygens (including phenoxy) is 1. The molecular weight excluding hydrogens is 470 g/mol. The number of hydrogen-bond acceptors (Lipinski definition) is 5. The molecule has 2 saturated heterocycles. The second-order valence-electron chi connectivity index (χ2n) is 9.80. The standard InChI is InChI=1S/C26H29ClN3O5/c1-6-35-22-24(33)30(25(34)28(22)15-17-10-8-7-9-11-17)20(23(30)32)21(31)29(26(3,4)5)19-14-16(2)12-13-18(19)27/h7-14,20,22H,6,15H2,1-5H3/q+1. The molecule has 2 aromatic rings. The Morgan fingerprint density at radius 3 is 2.34 bits per heavy atom. The van der Waals surface area contributed by atoms with Crippen LogP contribution < -0.4 is 4.90 Å². The number of amides is 5. The Kier molecular flexibility index (Phi) is 6.34. The highest BCUT2D eigenvalue weighted by Crippen LogP contribution is 2.46. The van der Waals surface area contributed by atoms with Crippen LogP contribution in [0.3, 0.4) is 0 Å². The molecule has 1 spiro atoms. The largest absolute Gasteiger partial charge is 0.438 e. The van der Waals surface area contributed by atoms with Crippen molar-refractivity contribution in [2.45, 2.75) is 59.0 Å². The molecule has 2 aliphatic heterocycles. The minimum absolute atomic E-state index is 0.0803. The van der Waals surface area contributed by atoms with E-state index in [1.54, 1.807) is 39.8 Å². The van der Waals surface area contributed by atoms with Gasteiger partial charge in [0.1, 0.15) is 0 Å². The predicted molar refractivity (Wildman–Crippen MR) is 130 cm³/mol. The molecule has 2 aromatic carbocycles. The molecule has 0 N–H and O–H groups in total. The lowest BCUT2D eigenvalue weighted by atomic mass is 10.0. The van der Waals surface area contributed by atoms with E-state index in [-0.39, 0.29) is 13.2 Å². The van der Waals surface area contributed by atoms with E-state index in [1.807, 2.05) is 43.3 Å².